The van der Waals surface area contributed by atoms with Gasteiger partial charge in [-0.15, -0.1) is 0 Å². The van der Waals surface area contributed by atoms with Gasteiger partial charge in [0.25, 0.3) is 11.8 Å². The molecular formula is C43H44N6O9. The molecule has 3 saturated heterocycles. The molecule has 3 aliphatic heterocycles. The molecule has 0 saturated carbocycles. The van der Waals surface area contributed by atoms with Crippen molar-refractivity contribution in [3.63, 3.8) is 0 Å². The Morgan fingerprint density at radius 3 is 1.88 bits per heavy atom. The first-order valence-corrected chi connectivity index (χ1v) is 19.3. The van der Waals surface area contributed by atoms with Crippen LogP contribution in [0.1, 0.15) is 65.1 Å². The number of H-pyrrole nitrogens is 2. The number of carbonyl (C=O) groups is 7. The lowest BCUT2D eigenvalue weighted by Gasteiger charge is -2.26. The van der Waals surface area contributed by atoms with Crippen LogP contribution in [0.2, 0.25) is 0 Å². The van der Waals surface area contributed by atoms with Gasteiger partial charge in [0.2, 0.25) is 18.1 Å². The summed E-state index contributed by atoms with van der Waals surface area (Å²) >= 11 is 0. The lowest BCUT2D eigenvalue weighted by molar-refractivity contribution is -0.168. The lowest BCUT2D eigenvalue weighted by Crippen LogP contribution is -2.51. The summed E-state index contributed by atoms with van der Waals surface area (Å²) in [6.45, 7) is 1.24. The Hall–Kier alpha value is -6.61. The number of cyclic esters (lactones) is 1. The average molecular weight is 789 g/mol. The normalized spacial score (nSPS) is 20.6. The van der Waals surface area contributed by atoms with Gasteiger partial charge in [-0.1, -0.05) is 66.7 Å². The summed E-state index contributed by atoms with van der Waals surface area (Å²) in [5, 5.41) is 7.29. The Morgan fingerprint density at radius 1 is 0.776 bits per heavy atom. The summed E-state index contributed by atoms with van der Waals surface area (Å²) in [5.41, 5.74) is 3.57. The van der Waals surface area contributed by atoms with E-state index in [0.29, 0.717) is 56.3 Å². The molecule has 15 nitrogen and oxygen atoms in total. The zero-order valence-corrected chi connectivity index (χ0v) is 31.6. The monoisotopic (exact) mass is 788 g/mol. The van der Waals surface area contributed by atoms with E-state index in [-0.39, 0.29) is 37.2 Å². The second-order valence-corrected chi connectivity index (χ2v) is 14.5. The van der Waals surface area contributed by atoms with Gasteiger partial charge in [0.1, 0.15) is 42.1 Å². The molecule has 5 atom stereocenters. The SMILES string of the molecule is O=C1CC(NC(=O)C2CCCN2C(=O)c2cc3ccccc3[nH]2)C(OCc2ccccc2)O1.O=CC[C@@H](C=O)NC(=O)C1CCCN1C(=O)c1cc2ccccc2[nH]1. The molecule has 0 bridgehead atoms. The zero-order chi connectivity index (χ0) is 40.6. The first-order chi connectivity index (χ1) is 28.2. The van der Waals surface area contributed by atoms with Crippen molar-refractivity contribution < 1.29 is 43.0 Å². The minimum Gasteiger partial charge on any atom is -0.433 e. The van der Waals surface area contributed by atoms with E-state index in [1.807, 2.05) is 84.9 Å². The Labute approximate surface area is 333 Å². The predicted molar refractivity (Wildman–Crippen MR) is 211 cm³/mol. The van der Waals surface area contributed by atoms with Crippen LogP contribution < -0.4 is 10.6 Å². The number of carbonyl (C=O) groups excluding carboxylic acids is 7. The van der Waals surface area contributed by atoms with Gasteiger partial charge in [0, 0.05) is 41.3 Å². The quantitative estimate of drug-likeness (QED) is 0.107. The predicted octanol–water partition coefficient (Wildman–Crippen LogP) is 3.79. The van der Waals surface area contributed by atoms with Crippen LogP contribution >= 0.6 is 0 Å². The van der Waals surface area contributed by atoms with E-state index in [1.165, 1.54) is 4.90 Å². The van der Waals surface area contributed by atoms with Crippen LogP contribution in [0.4, 0.5) is 0 Å². The molecule has 3 aromatic carbocycles. The van der Waals surface area contributed by atoms with E-state index in [4.69, 9.17) is 9.47 Å². The van der Waals surface area contributed by atoms with Crippen molar-refractivity contribution in [2.24, 2.45) is 0 Å². The number of aromatic amines is 2. The number of esters is 1. The van der Waals surface area contributed by atoms with Gasteiger partial charge in [-0.2, -0.15) is 0 Å². The molecule has 3 aliphatic rings. The van der Waals surface area contributed by atoms with Gasteiger partial charge in [-0.3, -0.25) is 24.0 Å². The number of nitrogens with one attached hydrogen (secondary N) is 4. The van der Waals surface area contributed by atoms with Crippen LogP contribution in [0.3, 0.4) is 0 Å². The number of likely N-dealkylation sites (tertiary alicyclic amines) is 2. The van der Waals surface area contributed by atoms with Crippen molar-refractivity contribution in [3.05, 3.63) is 108 Å². The molecule has 8 rings (SSSR count). The summed E-state index contributed by atoms with van der Waals surface area (Å²) in [6, 6.07) is 25.7. The highest BCUT2D eigenvalue weighted by molar-refractivity contribution is 6.01. The third kappa shape index (κ3) is 8.99. The van der Waals surface area contributed by atoms with Gasteiger partial charge in [-0.25, -0.2) is 0 Å². The summed E-state index contributed by atoms with van der Waals surface area (Å²) in [6.07, 6.45) is 2.76. The molecule has 5 aromatic rings. The van der Waals surface area contributed by atoms with Crippen LogP contribution in [0, 0.1) is 0 Å². The summed E-state index contributed by atoms with van der Waals surface area (Å²) in [5.74, 6) is -1.57. The molecule has 300 valence electrons. The van der Waals surface area contributed by atoms with Crippen LogP contribution in [-0.4, -0.2) is 105 Å². The maximum atomic E-state index is 13.2. The minimum absolute atomic E-state index is 0.0356. The molecule has 4 N–H and O–H groups in total. The fourth-order valence-electron chi connectivity index (χ4n) is 7.62. The lowest BCUT2D eigenvalue weighted by atomic mass is 10.1. The molecule has 5 heterocycles. The number of fused-ring (bicyclic) bond motifs is 2. The van der Waals surface area contributed by atoms with Crippen molar-refractivity contribution in [2.75, 3.05) is 13.1 Å². The van der Waals surface area contributed by atoms with Gasteiger partial charge in [0.15, 0.2) is 0 Å². The topological polar surface area (TPSA) is 200 Å². The van der Waals surface area contributed by atoms with Crippen molar-refractivity contribution in [2.45, 2.75) is 75.6 Å². The standard InChI is InChI=1S/C25H25N3O5.C18H19N3O4/c29-22-14-20(25(33-22)32-15-16-7-2-1-3-8-16)27-23(30)21-11-6-12-28(21)24(31)19-13-17-9-4-5-10-18(17)26-19;22-9-7-13(11-23)19-17(24)16-6-3-8-21(16)18(25)15-10-12-4-1-2-5-14(12)20-15/h1-5,7-10,13,20-21,25-26H,6,11-12,14-15H2,(H,27,30);1-2,4-5,9-11,13,16,20H,3,6-8H2,(H,19,24)/t;13-,16?/m.0/s1. The highest BCUT2D eigenvalue weighted by Crippen LogP contribution is 2.25. The van der Waals surface area contributed by atoms with E-state index in [2.05, 4.69) is 20.6 Å². The molecule has 58 heavy (non-hydrogen) atoms. The average Bonchev–Trinajstić information content (AvgIpc) is 4.09. The Morgan fingerprint density at radius 2 is 1.33 bits per heavy atom. The van der Waals surface area contributed by atoms with E-state index in [1.54, 1.807) is 11.0 Å². The largest absolute Gasteiger partial charge is 0.433 e. The number of aromatic nitrogens is 2. The molecule has 15 heteroatoms. The molecule has 0 radical (unpaired) electrons. The highest BCUT2D eigenvalue weighted by Gasteiger charge is 2.41. The number of nitrogens with zero attached hydrogens (tertiary/aromatic N) is 2. The number of aldehydes is 2. The minimum atomic E-state index is -0.860. The van der Waals surface area contributed by atoms with E-state index >= 15 is 0 Å². The smallest absolute Gasteiger partial charge is 0.310 e. The molecular weight excluding hydrogens is 745 g/mol. The van der Waals surface area contributed by atoms with Crippen molar-refractivity contribution in [1.82, 2.24) is 30.4 Å². The van der Waals surface area contributed by atoms with Gasteiger partial charge in [0.05, 0.1) is 19.1 Å². The van der Waals surface area contributed by atoms with Crippen molar-refractivity contribution >= 4 is 64.0 Å². The van der Waals surface area contributed by atoms with Gasteiger partial charge < -0.3 is 49.5 Å². The maximum Gasteiger partial charge on any atom is 0.310 e. The molecule has 0 aliphatic carbocycles. The number of hydrogen-bond acceptors (Lipinski definition) is 9. The highest BCUT2D eigenvalue weighted by atomic mass is 16.7. The first-order valence-electron chi connectivity index (χ1n) is 19.3. The number of benzene rings is 3. The second kappa shape index (κ2) is 18.1. The fraction of sp³-hybridized carbons (Fsp3) is 0.326. The number of para-hydroxylation sites is 2. The fourth-order valence-corrected chi connectivity index (χ4v) is 7.62. The van der Waals surface area contributed by atoms with Crippen molar-refractivity contribution in [3.8, 4) is 0 Å². The Bertz CT molecular complexity index is 2240. The molecule has 4 unspecified atom stereocenters. The summed E-state index contributed by atoms with van der Waals surface area (Å²) in [7, 11) is 0. The Balaban J connectivity index is 0.000000184. The number of rotatable bonds is 12. The van der Waals surface area contributed by atoms with Gasteiger partial charge >= 0.3 is 5.97 Å². The summed E-state index contributed by atoms with van der Waals surface area (Å²) < 4.78 is 11.0. The summed E-state index contributed by atoms with van der Waals surface area (Å²) in [4.78, 5) is 94.2. The molecule has 2 aromatic heterocycles. The molecule has 4 amide bonds. The second-order valence-electron chi connectivity index (χ2n) is 14.5. The Kier molecular flexibility index (Phi) is 12.4. The molecule has 3 fully saturated rings. The zero-order valence-electron chi connectivity index (χ0n) is 31.6. The van der Waals surface area contributed by atoms with E-state index < -0.39 is 42.3 Å². The van der Waals surface area contributed by atoms with Gasteiger partial charge in [-0.05, 0) is 55.5 Å². The number of amides is 4. The van der Waals surface area contributed by atoms with Crippen LogP contribution in [0.5, 0.6) is 0 Å². The number of hydrogen-bond donors (Lipinski definition) is 4. The van der Waals surface area contributed by atoms with E-state index in [9.17, 15) is 33.6 Å². The number of ether oxygens (including phenoxy) is 2. The van der Waals surface area contributed by atoms with Crippen LogP contribution in [-0.2, 0) is 40.1 Å². The van der Waals surface area contributed by atoms with Crippen LogP contribution in [0.25, 0.3) is 21.8 Å². The third-order valence-electron chi connectivity index (χ3n) is 10.5. The molecule has 0 spiro atoms. The third-order valence-corrected chi connectivity index (χ3v) is 10.5. The first kappa shape index (κ1) is 39.6. The van der Waals surface area contributed by atoms with Crippen LogP contribution in [0.15, 0.2) is 91.0 Å². The van der Waals surface area contributed by atoms with Crippen molar-refractivity contribution in [1.29, 1.82) is 0 Å². The maximum absolute atomic E-state index is 13.2. The van der Waals surface area contributed by atoms with E-state index in [0.717, 1.165) is 33.8 Å².